The van der Waals surface area contributed by atoms with Crippen molar-refractivity contribution in [3.63, 3.8) is 0 Å². The SMILES string of the molecule is C=CCc1c(O)c2ccccc2oc1=O. The summed E-state index contributed by atoms with van der Waals surface area (Å²) >= 11 is 0. The molecule has 1 N–H and O–H groups in total. The van der Waals surface area contributed by atoms with Crippen molar-refractivity contribution >= 4 is 11.0 Å². The minimum Gasteiger partial charge on any atom is -0.507 e. The number of allylic oxidation sites excluding steroid dienone is 1. The fraction of sp³-hybridized carbons (Fsp3) is 0.0833. The highest BCUT2D eigenvalue weighted by Gasteiger charge is 2.11. The van der Waals surface area contributed by atoms with Gasteiger partial charge in [-0.2, -0.15) is 0 Å². The van der Waals surface area contributed by atoms with Gasteiger partial charge in [0, 0.05) is 6.42 Å². The van der Waals surface area contributed by atoms with Crippen LogP contribution in [0.5, 0.6) is 5.75 Å². The first-order chi connectivity index (χ1) is 7.24. The Balaban J connectivity index is 2.83. The Hall–Kier alpha value is -2.03. The van der Waals surface area contributed by atoms with E-state index in [1.807, 2.05) is 0 Å². The molecule has 0 atom stereocenters. The van der Waals surface area contributed by atoms with E-state index in [0.717, 1.165) is 0 Å². The van der Waals surface area contributed by atoms with Crippen molar-refractivity contribution in [1.82, 2.24) is 0 Å². The van der Waals surface area contributed by atoms with Gasteiger partial charge in [0.2, 0.25) is 0 Å². The van der Waals surface area contributed by atoms with E-state index < -0.39 is 5.63 Å². The molecule has 0 aliphatic heterocycles. The van der Waals surface area contributed by atoms with Crippen LogP contribution < -0.4 is 5.63 Å². The summed E-state index contributed by atoms with van der Waals surface area (Å²) in [7, 11) is 0. The van der Waals surface area contributed by atoms with Crippen LogP contribution in [-0.2, 0) is 6.42 Å². The number of hydrogen-bond acceptors (Lipinski definition) is 3. The summed E-state index contributed by atoms with van der Waals surface area (Å²) in [6.07, 6.45) is 1.86. The van der Waals surface area contributed by atoms with Crippen LogP contribution in [0.2, 0.25) is 0 Å². The zero-order valence-electron chi connectivity index (χ0n) is 8.06. The highest BCUT2D eigenvalue weighted by molar-refractivity contribution is 5.83. The van der Waals surface area contributed by atoms with Gasteiger partial charge in [-0.3, -0.25) is 0 Å². The molecule has 0 unspecified atom stereocenters. The van der Waals surface area contributed by atoms with Gasteiger partial charge in [-0.05, 0) is 12.1 Å². The first kappa shape index (κ1) is 9.52. The lowest BCUT2D eigenvalue weighted by molar-refractivity contribution is 0.459. The van der Waals surface area contributed by atoms with E-state index in [9.17, 15) is 9.90 Å². The molecule has 0 saturated carbocycles. The molecule has 15 heavy (non-hydrogen) atoms. The van der Waals surface area contributed by atoms with Crippen molar-refractivity contribution in [2.45, 2.75) is 6.42 Å². The van der Waals surface area contributed by atoms with Crippen molar-refractivity contribution in [2.24, 2.45) is 0 Å². The lowest BCUT2D eigenvalue weighted by Gasteiger charge is -2.03. The van der Waals surface area contributed by atoms with Crippen molar-refractivity contribution < 1.29 is 9.52 Å². The lowest BCUT2D eigenvalue weighted by Crippen LogP contribution is -2.06. The Morgan fingerprint density at radius 1 is 1.40 bits per heavy atom. The van der Waals surface area contributed by atoms with Crippen LogP contribution in [0, 0.1) is 0 Å². The molecule has 1 aromatic heterocycles. The second-order valence-electron chi connectivity index (χ2n) is 3.21. The zero-order valence-corrected chi connectivity index (χ0v) is 8.06. The van der Waals surface area contributed by atoms with E-state index in [1.54, 1.807) is 30.3 Å². The van der Waals surface area contributed by atoms with E-state index in [0.29, 0.717) is 17.4 Å². The summed E-state index contributed by atoms with van der Waals surface area (Å²) in [5.41, 5.74) is 0.141. The van der Waals surface area contributed by atoms with Gasteiger partial charge in [0.1, 0.15) is 11.3 Å². The average molecular weight is 202 g/mol. The molecule has 0 aliphatic rings. The normalized spacial score (nSPS) is 10.4. The third-order valence-corrected chi connectivity index (χ3v) is 2.23. The van der Waals surface area contributed by atoms with Gasteiger partial charge < -0.3 is 9.52 Å². The molecule has 0 spiro atoms. The molecule has 0 aliphatic carbocycles. The highest BCUT2D eigenvalue weighted by atomic mass is 16.4. The zero-order chi connectivity index (χ0) is 10.8. The van der Waals surface area contributed by atoms with Crippen LogP contribution >= 0.6 is 0 Å². The molecule has 0 fully saturated rings. The molecule has 0 bridgehead atoms. The van der Waals surface area contributed by atoms with Gasteiger partial charge in [0.05, 0.1) is 10.9 Å². The first-order valence-corrected chi connectivity index (χ1v) is 4.58. The Labute approximate surface area is 86.3 Å². The molecule has 1 heterocycles. The monoisotopic (exact) mass is 202 g/mol. The summed E-state index contributed by atoms with van der Waals surface area (Å²) < 4.78 is 5.06. The Kier molecular flexibility index (Phi) is 2.29. The van der Waals surface area contributed by atoms with E-state index in [4.69, 9.17) is 4.42 Å². The second kappa shape index (κ2) is 3.61. The lowest BCUT2D eigenvalue weighted by atomic mass is 10.1. The number of aromatic hydroxyl groups is 1. The minimum absolute atomic E-state index is 0.0123. The summed E-state index contributed by atoms with van der Waals surface area (Å²) in [6.45, 7) is 3.53. The molecule has 3 heteroatoms. The number of para-hydroxylation sites is 1. The predicted octanol–water partition coefficient (Wildman–Crippen LogP) is 2.23. The van der Waals surface area contributed by atoms with Crippen molar-refractivity contribution in [3.8, 4) is 5.75 Å². The maximum atomic E-state index is 11.5. The fourth-order valence-corrected chi connectivity index (χ4v) is 1.50. The van der Waals surface area contributed by atoms with E-state index in [1.165, 1.54) is 0 Å². The van der Waals surface area contributed by atoms with E-state index >= 15 is 0 Å². The van der Waals surface area contributed by atoms with Gasteiger partial charge in [-0.15, -0.1) is 6.58 Å². The van der Waals surface area contributed by atoms with E-state index in [-0.39, 0.29) is 11.3 Å². The number of fused-ring (bicyclic) bond motifs is 1. The van der Waals surface area contributed by atoms with Crippen LogP contribution in [0.3, 0.4) is 0 Å². The molecule has 0 radical (unpaired) electrons. The highest BCUT2D eigenvalue weighted by Crippen LogP contribution is 2.25. The van der Waals surface area contributed by atoms with Crippen LogP contribution in [0.25, 0.3) is 11.0 Å². The number of benzene rings is 1. The molecule has 0 saturated heterocycles. The van der Waals surface area contributed by atoms with Gasteiger partial charge in [0.25, 0.3) is 0 Å². The third-order valence-electron chi connectivity index (χ3n) is 2.23. The third kappa shape index (κ3) is 1.52. The maximum absolute atomic E-state index is 11.5. The predicted molar refractivity (Wildman–Crippen MR) is 58.0 cm³/mol. The quantitative estimate of drug-likeness (QED) is 0.600. The van der Waals surface area contributed by atoms with Crippen LogP contribution in [0.1, 0.15) is 5.56 Å². The van der Waals surface area contributed by atoms with Gasteiger partial charge in [-0.25, -0.2) is 4.79 Å². The van der Waals surface area contributed by atoms with Crippen LogP contribution in [0.15, 0.2) is 46.1 Å². The molecule has 3 nitrogen and oxygen atoms in total. The van der Waals surface area contributed by atoms with E-state index in [2.05, 4.69) is 6.58 Å². The fourth-order valence-electron chi connectivity index (χ4n) is 1.50. The summed E-state index contributed by atoms with van der Waals surface area (Å²) in [6, 6.07) is 6.88. The second-order valence-corrected chi connectivity index (χ2v) is 3.21. The molecule has 1 aromatic carbocycles. The van der Waals surface area contributed by atoms with Crippen molar-refractivity contribution in [2.75, 3.05) is 0 Å². The molecule has 2 aromatic rings. The first-order valence-electron chi connectivity index (χ1n) is 4.58. The molecular formula is C12H10O3. The van der Waals surface area contributed by atoms with Gasteiger partial charge >= 0.3 is 5.63 Å². The van der Waals surface area contributed by atoms with Crippen LogP contribution in [-0.4, -0.2) is 5.11 Å². The standard InChI is InChI=1S/C12H10O3/c1-2-5-9-11(13)8-6-3-4-7-10(8)15-12(9)14/h2-4,6-7,13H,1,5H2. The van der Waals surface area contributed by atoms with Crippen molar-refractivity contribution in [1.29, 1.82) is 0 Å². The Bertz CT molecular complexity index is 567. The topological polar surface area (TPSA) is 50.4 Å². The molecule has 2 rings (SSSR count). The van der Waals surface area contributed by atoms with Crippen molar-refractivity contribution in [3.05, 3.63) is 52.9 Å². The number of hydrogen-bond donors (Lipinski definition) is 1. The minimum atomic E-state index is -0.508. The van der Waals surface area contributed by atoms with Gasteiger partial charge in [-0.1, -0.05) is 18.2 Å². The maximum Gasteiger partial charge on any atom is 0.343 e. The summed E-state index contributed by atoms with van der Waals surface area (Å²) in [4.78, 5) is 11.5. The molecular weight excluding hydrogens is 192 g/mol. The summed E-state index contributed by atoms with van der Waals surface area (Å²) in [5.74, 6) is -0.0123. The Morgan fingerprint density at radius 3 is 2.87 bits per heavy atom. The average Bonchev–Trinajstić information content (AvgIpc) is 2.24. The largest absolute Gasteiger partial charge is 0.507 e. The smallest absolute Gasteiger partial charge is 0.343 e. The molecule has 76 valence electrons. The number of rotatable bonds is 2. The Morgan fingerprint density at radius 2 is 2.13 bits per heavy atom. The van der Waals surface area contributed by atoms with Crippen LogP contribution in [0.4, 0.5) is 0 Å². The summed E-state index contributed by atoms with van der Waals surface area (Å²) in [5, 5.41) is 10.4. The molecule has 0 amide bonds. The van der Waals surface area contributed by atoms with Gasteiger partial charge in [0.15, 0.2) is 0 Å².